The van der Waals surface area contributed by atoms with Crippen molar-refractivity contribution in [3.05, 3.63) is 33.9 Å². The van der Waals surface area contributed by atoms with Crippen LogP contribution in [0.5, 0.6) is 0 Å². The van der Waals surface area contributed by atoms with Crippen molar-refractivity contribution in [2.24, 2.45) is 5.92 Å². The number of aryl methyl sites for hydroxylation is 1. The lowest BCUT2D eigenvalue weighted by molar-refractivity contribution is -0.384. The van der Waals surface area contributed by atoms with E-state index < -0.39 is 10.9 Å². The number of nitro benzene ring substituents is 1. The molecule has 0 aliphatic rings. The molecule has 1 atom stereocenters. The van der Waals surface area contributed by atoms with Crippen molar-refractivity contribution in [3.8, 4) is 0 Å². The molecule has 1 rings (SSSR count). The summed E-state index contributed by atoms with van der Waals surface area (Å²) in [5.74, 6) is -0.527. The fraction of sp³-hybridized carbons (Fsp3) is 0.500. The standard InChI is InChI=1S/C14H20N2O4/c1-10(6-7-13(17)18)8-9-15-14-11(2)4-3-5-12(14)16(19)20/h3-5,10,15H,6-9H2,1-2H3,(H,17,18). The van der Waals surface area contributed by atoms with Gasteiger partial charge in [-0.3, -0.25) is 14.9 Å². The molecule has 0 aromatic heterocycles. The molecule has 0 bridgehead atoms. The normalized spacial score (nSPS) is 11.9. The first-order valence-corrected chi connectivity index (χ1v) is 6.61. The Morgan fingerprint density at radius 1 is 1.45 bits per heavy atom. The summed E-state index contributed by atoms with van der Waals surface area (Å²) in [6.45, 7) is 4.40. The van der Waals surface area contributed by atoms with E-state index in [9.17, 15) is 14.9 Å². The summed E-state index contributed by atoms with van der Waals surface area (Å²) < 4.78 is 0. The van der Waals surface area contributed by atoms with Crippen molar-refractivity contribution in [2.45, 2.75) is 33.1 Å². The van der Waals surface area contributed by atoms with Gasteiger partial charge in [0, 0.05) is 19.0 Å². The summed E-state index contributed by atoms with van der Waals surface area (Å²) in [6.07, 6.45) is 1.55. The van der Waals surface area contributed by atoms with Gasteiger partial charge in [-0.2, -0.15) is 0 Å². The number of rotatable bonds is 8. The highest BCUT2D eigenvalue weighted by Crippen LogP contribution is 2.27. The number of carboxylic acid groups (broad SMARTS) is 1. The highest BCUT2D eigenvalue weighted by atomic mass is 16.6. The number of anilines is 1. The molecular weight excluding hydrogens is 260 g/mol. The lowest BCUT2D eigenvalue weighted by Crippen LogP contribution is -2.10. The Hall–Kier alpha value is -2.11. The highest BCUT2D eigenvalue weighted by Gasteiger charge is 2.15. The first-order chi connectivity index (χ1) is 9.41. The Kier molecular flexibility index (Phi) is 5.96. The van der Waals surface area contributed by atoms with Crippen LogP contribution in [0.4, 0.5) is 11.4 Å². The summed E-state index contributed by atoms with van der Waals surface area (Å²) in [5.41, 5.74) is 1.45. The van der Waals surface area contributed by atoms with Crippen molar-refractivity contribution < 1.29 is 14.8 Å². The lowest BCUT2D eigenvalue weighted by Gasteiger charge is -2.13. The minimum absolute atomic E-state index is 0.0724. The zero-order valence-corrected chi connectivity index (χ0v) is 11.8. The number of nitrogens with zero attached hydrogens (tertiary/aromatic N) is 1. The second kappa shape index (κ2) is 7.47. The van der Waals surface area contributed by atoms with Crippen LogP contribution in [-0.4, -0.2) is 22.5 Å². The molecule has 0 radical (unpaired) electrons. The van der Waals surface area contributed by atoms with Gasteiger partial charge in [-0.25, -0.2) is 0 Å². The third-order valence-electron chi connectivity index (χ3n) is 3.24. The molecule has 6 heteroatoms. The van der Waals surface area contributed by atoms with E-state index in [1.54, 1.807) is 6.07 Å². The monoisotopic (exact) mass is 280 g/mol. The van der Waals surface area contributed by atoms with E-state index in [1.165, 1.54) is 6.07 Å². The Labute approximate surface area is 118 Å². The molecule has 0 amide bonds. The molecule has 0 heterocycles. The molecule has 1 unspecified atom stereocenters. The zero-order chi connectivity index (χ0) is 15.1. The second-order valence-electron chi connectivity index (χ2n) is 4.98. The van der Waals surface area contributed by atoms with E-state index in [0.717, 1.165) is 12.0 Å². The van der Waals surface area contributed by atoms with E-state index >= 15 is 0 Å². The molecular formula is C14H20N2O4. The van der Waals surface area contributed by atoms with Crippen LogP contribution in [-0.2, 0) is 4.79 Å². The molecule has 0 saturated carbocycles. The van der Waals surface area contributed by atoms with Gasteiger partial charge in [0.25, 0.3) is 5.69 Å². The summed E-state index contributed by atoms with van der Waals surface area (Å²) in [4.78, 5) is 21.0. The van der Waals surface area contributed by atoms with Gasteiger partial charge in [-0.1, -0.05) is 19.1 Å². The highest BCUT2D eigenvalue weighted by molar-refractivity contribution is 5.66. The number of nitrogens with one attached hydrogen (secondary N) is 1. The van der Waals surface area contributed by atoms with Gasteiger partial charge in [0.2, 0.25) is 0 Å². The van der Waals surface area contributed by atoms with E-state index in [1.807, 2.05) is 19.9 Å². The van der Waals surface area contributed by atoms with Gasteiger partial charge in [0.15, 0.2) is 0 Å². The Bertz CT molecular complexity index is 488. The molecule has 1 aromatic rings. The third-order valence-corrected chi connectivity index (χ3v) is 3.24. The van der Waals surface area contributed by atoms with Gasteiger partial charge in [-0.15, -0.1) is 0 Å². The van der Waals surface area contributed by atoms with Crippen LogP contribution in [0.1, 0.15) is 31.7 Å². The SMILES string of the molecule is Cc1cccc([N+](=O)[O-])c1NCCC(C)CCC(=O)O. The lowest BCUT2D eigenvalue weighted by atomic mass is 10.0. The fourth-order valence-corrected chi connectivity index (χ4v) is 1.99. The molecule has 1 aromatic carbocycles. The number of hydrogen-bond acceptors (Lipinski definition) is 4. The summed E-state index contributed by atoms with van der Waals surface area (Å²) in [5, 5.41) is 22.7. The maximum absolute atomic E-state index is 10.9. The number of aliphatic carboxylic acids is 1. The average molecular weight is 280 g/mol. The van der Waals surface area contributed by atoms with Gasteiger partial charge < -0.3 is 10.4 Å². The van der Waals surface area contributed by atoms with Gasteiger partial charge in [0.05, 0.1) is 4.92 Å². The average Bonchev–Trinajstić information content (AvgIpc) is 2.37. The zero-order valence-electron chi connectivity index (χ0n) is 11.8. The van der Waals surface area contributed by atoms with Crippen LogP contribution in [0.25, 0.3) is 0 Å². The maximum atomic E-state index is 10.9. The van der Waals surface area contributed by atoms with Gasteiger partial charge >= 0.3 is 5.97 Å². The molecule has 0 spiro atoms. The van der Waals surface area contributed by atoms with Crippen LogP contribution < -0.4 is 5.32 Å². The van der Waals surface area contributed by atoms with Crippen molar-refractivity contribution >= 4 is 17.3 Å². The number of hydrogen-bond donors (Lipinski definition) is 2. The van der Waals surface area contributed by atoms with Crippen LogP contribution in [0, 0.1) is 23.0 Å². The third kappa shape index (κ3) is 4.87. The molecule has 0 aliphatic heterocycles. The number of carboxylic acids is 1. The predicted octanol–water partition coefficient (Wildman–Crippen LogP) is 3.21. The summed E-state index contributed by atoms with van der Waals surface area (Å²) in [7, 11) is 0. The number of benzene rings is 1. The second-order valence-corrected chi connectivity index (χ2v) is 4.98. The van der Waals surface area contributed by atoms with Gasteiger partial charge in [0.1, 0.15) is 5.69 Å². The Morgan fingerprint density at radius 3 is 2.75 bits per heavy atom. The van der Waals surface area contributed by atoms with Gasteiger partial charge in [-0.05, 0) is 31.2 Å². The molecule has 110 valence electrons. The predicted molar refractivity (Wildman–Crippen MR) is 77.0 cm³/mol. The largest absolute Gasteiger partial charge is 0.481 e. The number of carbonyl (C=O) groups is 1. The van der Waals surface area contributed by atoms with E-state index in [2.05, 4.69) is 5.32 Å². The molecule has 0 saturated heterocycles. The minimum Gasteiger partial charge on any atom is -0.481 e. The van der Waals surface area contributed by atoms with Crippen molar-refractivity contribution in [3.63, 3.8) is 0 Å². The minimum atomic E-state index is -0.792. The van der Waals surface area contributed by atoms with E-state index in [0.29, 0.717) is 18.7 Å². The Balaban J connectivity index is 2.54. The number of nitro groups is 1. The smallest absolute Gasteiger partial charge is 0.303 e. The molecule has 20 heavy (non-hydrogen) atoms. The van der Waals surface area contributed by atoms with Crippen LogP contribution in [0.3, 0.4) is 0 Å². The van der Waals surface area contributed by atoms with E-state index in [4.69, 9.17) is 5.11 Å². The topological polar surface area (TPSA) is 92.5 Å². The molecule has 0 aliphatic carbocycles. The Morgan fingerprint density at radius 2 is 2.15 bits per heavy atom. The van der Waals surface area contributed by atoms with E-state index in [-0.39, 0.29) is 18.0 Å². The molecule has 0 fully saturated rings. The molecule has 6 nitrogen and oxygen atoms in total. The summed E-state index contributed by atoms with van der Waals surface area (Å²) in [6, 6.07) is 4.96. The van der Waals surface area contributed by atoms with Crippen LogP contribution in [0.15, 0.2) is 18.2 Å². The number of para-hydroxylation sites is 1. The maximum Gasteiger partial charge on any atom is 0.303 e. The first kappa shape index (κ1) is 15.9. The molecule has 2 N–H and O–H groups in total. The fourth-order valence-electron chi connectivity index (χ4n) is 1.99. The summed E-state index contributed by atoms with van der Waals surface area (Å²) >= 11 is 0. The van der Waals surface area contributed by atoms with Crippen LogP contribution in [0.2, 0.25) is 0 Å². The first-order valence-electron chi connectivity index (χ1n) is 6.61. The van der Waals surface area contributed by atoms with Crippen molar-refractivity contribution in [1.29, 1.82) is 0 Å². The van der Waals surface area contributed by atoms with Crippen molar-refractivity contribution in [1.82, 2.24) is 0 Å². The quantitative estimate of drug-likeness (QED) is 0.563. The van der Waals surface area contributed by atoms with Crippen molar-refractivity contribution in [2.75, 3.05) is 11.9 Å². The van der Waals surface area contributed by atoms with Crippen LogP contribution >= 0.6 is 0 Å².